The molecule has 0 aliphatic rings. The summed E-state index contributed by atoms with van der Waals surface area (Å²) in [7, 11) is 0. The number of carbonyl (C=O) groups is 1. The zero-order valence-corrected chi connectivity index (χ0v) is 9.19. The summed E-state index contributed by atoms with van der Waals surface area (Å²) in [5.41, 5.74) is 4.21. The molecular weight excluding hydrogens is 209 g/mol. The highest BCUT2D eigenvalue weighted by Crippen LogP contribution is 2.18. The monoisotopic (exact) mass is 226 g/mol. The second-order valence-electron chi connectivity index (χ2n) is 4.06. The molecule has 3 nitrogen and oxygen atoms in total. The lowest BCUT2D eigenvalue weighted by Gasteiger charge is -2.29. The van der Waals surface area contributed by atoms with Crippen LogP contribution in [0.1, 0.15) is 27.2 Å². The second kappa shape index (κ2) is 4.83. The number of nitrogens with two attached hydrogens (primary N) is 1. The molecule has 0 aromatic heterocycles. The lowest BCUT2D eigenvalue weighted by atomic mass is 10.1. The molecule has 0 aliphatic carbocycles. The number of halogens is 3. The van der Waals surface area contributed by atoms with Gasteiger partial charge in [0.15, 0.2) is 0 Å². The summed E-state index contributed by atoms with van der Waals surface area (Å²) in [4.78, 5) is 12.3. The van der Waals surface area contributed by atoms with Crippen LogP contribution < -0.4 is 5.73 Å². The van der Waals surface area contributed by atoms with Gasteiger partial charge in [0.25, 0.3) is 0 Å². The number of carbonyl (C=O) groups excluding carboxylic acids is 1. The van der Waals surface area contributed by atoms with Gasteiger partial charge in [0.1, 0.15) is 6.54 Å². The molecule has 6 heteroatoms. The van der Waals surface area contributed by atoms with E-state index in [1.807, 2.05) is 0 Å². The van der Waals surface area contributed by atoms with Gasteiger partial charge in [-0.3, -0.25) is 4.79 Å². The van der Waals surface area contributed by atoms with E-state index in [1.165, 1.54) is 13.8 Å². The van der Waals surface area contributed by atoms with Crippen LogP contribution >= 0.6 is 0 Å². The first-order chi connectivity index (χ1) is 6.58. The largest absolute Gasteiger partial charge is 0.406 e. The molecule has 90 valence electrons. The Balaban J connectivity index is 4.60. The number of hydrogen-bond donors (Lipinski definition) is 1. The Morgan fingerprint density at radius 3 is 2.07 bits per heavy atom. The quantitative estimate of drug-likeness (QED) is 0.790. The predicted molar refractivity (Wildman–Crippen MR) is 51.2 cm³/mol. The first-order valence-electron chi connectivity index (χ1n) is 4.73. The molecule has 0 aliphatic heterocycles. The Bertz CT molecular complexity index is 220. The molecule has 0 saturated carbocycles. The van der Waals surface area contributed by atoms with E-state index in [-0.39, 0.29) is 6.54 Å². The van der Waals surface area contributed by atoms with Crippen LogP contribution in [0.25, 0.3) is 0 Å². The number of nitrogens with zero attached hydrogens (tertiary/aromatic N) is 1. The number of amides is 1. The van der Waals surface area contributed by atoms with Gasteiger partial charge in [-0.15, -0.1) is 0 Å². The standard InChI is InChI=1S/C9H17F3N2O/c1-4-5-14(6-9(10,11)12)7(15)8(2,3)13/h4-6,13H2,1-3H3. The van der Waals surface area contributed by atoms with Gasteiger partial charge >= 0.3 is 6.18 Å². The molecule has 0 saturated heterocycles. The van der Waals surface area contributed by atoms with E-state index in [4.69, 9.17) is 5.73 Å². The van der Waals surface area contributed by atoms with Gasteiger partial charge in [-0.05, 0) is 20.3 Å². The molecular formula is C9H17F3N2O. The highest BCUT2D eigenvalue weighted by atomic mass is 19.4. The van der Waals surface area contributed by atoms with E-state index in [2.05, 4.69) is 0 Å². The van der Waals surface area contributed by atoms with Crippen molar-refractivity contribution in [3.05, 3.63) is 0 Å². The summed E-state index contributed by atoms with van der Waals surface area (Å²) in [6, 6.07) is 0. The van der Waals surface area contributed by atoms with Crippen molar-refractivity contribution >= 4 is 5.91 Å². The molecule has 0 aromatic rings. The summed E-state index contributed by atoms with van der Waals surface area (Å²) in [5.74, 6) is -0.679. The van der Waals surface area contributed by atoms with Crippen molar-refractivity contribution in [1.82, 2.24) is 4.90 Å². The normalized spacial score (nSPS) is 12.7. The molecule has 0 heterocycles. The lowest BCUT2D eigenvalue weighted by molar-refractivity contribution is -0.163. The van der Waals surface area contributed by atoms with Crippen molar-refractivity contribution in [3.63, 3.8) is 0 Å². The van der Waals surface area contributed by atoms with Crippen molar-refractivity contribution in [2.24, 2.45) is 5.73 Å². The molecule has 0 fully saturated rings. The van der Waals surface area contributed by atoms with Crippen LogP contribution in [0.3, 0.4) is 0 Å². The number of alkyl halides is 3. The average Bonchev–Trinajstić information content (AvgIpc) is 1.98. The van der Waals surface area contributed by atoms with E-state index < -0.39 is 24.2 Å². The van der Waals surface area contributed by atoms with Crippen LogP contribution in [0.4, 0.5) is 13.2 Å². The molecule has 0 rings (SSSR count). The molecule has 15 heavy (non-hydrogen) atoms. The fraction of sp³-hybridized carbons (Fsp3) is 0.889. The van der Waals surface area contributed by atoms with Crippen LogP contribution in [0.15, 0.2) is 0 Å². The third-order valence-electron chi connectivity index (χ3n) is 1.70. The fourth-order valence-electron chi connectivity index (χ4n) is 1.15. The Morgan fingerprint density at radius 1 is 1.33 bits per heavy atom. The molecule has 1 amide bonds. The second-order valence-corrected chi connectivity index (χ2v) is 4.06. The van der Waals surface area contributed by atoms with Gasteiger partial charge in [-0.2, -0.15) is 13.2 Å². The van der Waals surface area contributed by atoms with Crippen molar-refractivity contribution < 1.29 is 18.0 Å². The van der Waals surface area contributed by atoms with E-state index >= 15 is 0 Å². The molecule has 0 aromatic carbocycles. The first kappa shape index (κ1) is 14.2. The van der Waals surface area contributed by atoms with E-state index in [9.17, 15) is 18.0 Å². The van der Waals surface area contributed by atoms with Crippen LogP contribution in [0.2, 0.25) is 0 Å². The topological polar surface area (TPSA) is 46.3 Å². The third-order valence-corrected chi connectivity index (χ3v) is 1.70. The summed E-state index contributed by atoms with van der Waals surface area (Å²) < 4.78 is 36.4. The van der Waals surface area contributed by atoms with Gasteiger partial charge < -0.3 is 10.6 Å². The van der Waals surface area contributed by atoms with E-state index in [0.29, 0.717) is 6.42 Å². The maximum atomic E-state index is 12.1. The predicted octanol–water partition coefficient (Wildman–Crippen LogP) is 1.52. The Kier molecular flexibility index (Phi) is 4.58. The summed E-state index contributed by atoms with van der Waals surface area (Å²) in [6.07, 6.45) is -3.91. The smallest absolute Gasteiger partial charge is 0.332 e. The van der Waals surface area contributed by atoms with Gasteiger partial charge in [0.05, 0.1) is 5.54 Å². The summed E-state index contributed by atoms with van der Waals surface area (Å²) >= 11 is 0. The van der Waals surface area contributed by atoms with E-state index in [1.54, 1.807) is 6.92 Å². The highest BCUT2D eigenvalue weighted by molar-refractivity contribution is 5.85. The fourth-order valence-corrected chi connectivity index (χ4v) is 1.15. The van der Waals surface area contributed by atoms with Crippen LogP contribution in [-0.4, -0.2) is 35.6 Å². The highest BCUT2D eigenvalue weighted by Gasteiger charge is 2.36. The Hall–Kier alpha value is -0.780. The number of rotatable bonds is 4. The van der Waals surface area contributed by atoms with Gasteiger partial charge in [-0.25, -0.2) is 0 Å². The zero-order chi connectivity index (χ0) is 12.3. The minimum absolute atomic E-state index is 0.0684. The molecule has 0 spiro atoms. The zero-order valence-electron chi connectivity index (χ0n) is 9.19. The van der Waals surface area contributed by atoms with Crippen LogP contribution in [0.5, 0.6) is 0 Å². The van der Waals surface area contributed by atoms with Crippen LogP contribution in [-0.2, 0) is 4.79 Å². The molecule has 0 radical (unpaired) electrons. The Labute approximate surface area is 87.4 Å². The summed E-state index contributed by atoms with van der Waals surface area (Å²) in [5, 5.41) is 0. The van der Waals surface area contributed by atoms with Crippen molar-refractivity contribution in [2.75, 3.05) is 13.1 Å². The molecule has 0 atom stereocenters. The van der Waals surface area contributed by atoms with Crippen molar-refractivity contribution in [1.29, 1.82) is 0 Å². The SMILES string of the molecule is CCCN(CC(F)(F)F)C(=O)C(C)(C)N. The first-order valence-corrected chi connectivity index (χ1v) is 4.73. The maximum absolute atomic E-state index is 12.1. The Morgan fingerprint density at radius 2 is 1.80 bits per heavy atom. The van der Waals surface area contributed by atoms with Gasteiger partial charge in [-0.1, -0.05) is 6.92 Å². The van der Waals surface area contributed by atoms with E-state index in [0.717, 1.165) is 4.90 Å². The minimum atomic E-state index is -4.38. The number of hydrogen-bond acceptors (Lipinski definition) is 2. The van der Waals surface area contributed by atoms with Crippen molar-refractivity contribution in [2.45, 2.75) is 38.9 Å². The molecule has 0 bridgehead atoms. The molecule has 0 unspecified atom stereocenters. The third kappa shape index (κ3) is 5.61. The maximum Gasteiger partial charge on any atom is 0.406 e. The average molecular weight is 226 g/mol. The summed E-state index contributed by atoms with van der Waals surface area (Å²) in [6.45, 7) is 3.34. The van der Waals surface area contributed by atoms with Crippen LogP contribution in [0, 0.1) is 0 Å². The van der Waals surface area contributed by atoms with Gasteiger partial charge in [0, 0.05) is 6.54 Å². The van der Waals surface area contributed by atoms with Crippen molar-refractivity contribution in [3.8, 4) is 0 Å². The molecule has 2 N–H and O–H groups in total. The van der Waals surface area contributed by atoms with Gasteiger partial charge in [0.2, 0.25) is 5.91 Å². The minimum Gasteiger partial charge on any atom is -0.332 e. The lowest BCUT2D eigenvalue weighted by Crippen LogP contribution is -2.53.